The molecule has 7 nitrogen and oxygen atoms in total. The molecule has 32 heavy (non-hydrogen) atoms. The number of amides is 1. The average Bonchev–Trinajstić information content (AvgIpc) is 3.13. The minimum Gasteiger partial charge on any atom is -0.494 e. The molecule has 0 bridgehead atoms. The maximum Gasteiger partial charge on any atom is 0.417 e. The van der Waals surface area contributed by atoms with E-state index in [1.807, 2.05) is 0 Å². The van der Waals surface area contributed by atoms with Gasteiger partial charge in [0.15, 0.2) is 11.6 Å². The Hall–Kier alpha value is -3.39. The molecule has 1 aromatic heterocycles. The summed E-state index contributed by atoms with van der Waals surface area (Å²) in [6.07, 6.45) is -5.90. The molecule has 1 aromatic carbocycles. The number of nitrogens with zero attached hydrogens (tertiary/aromatic N) is 4. The monoisotopic (exact) mass is 452 g/mol. The largest absolute Gasteiger partial charge is 0.494 e. The van der Waals surface area contributed by atoms with Crippen LogP contribution >= 0.6 is 0 Å². The first kappa shape index (κ1) is 23.3. The zero-order valence-electron chi connectivity index (χ0n) is 17.4. The standard InChI is InChI=1S/C21H20F4N4O3/c1-11-6-15(21(23,24)25)14(9-26)19(27-11)29-10-13(30)8-17(29)20(31)28(2)12-4-5-16(22)18(7-12)32-3/h4-7,13,17,30H,8,10H2,1-3H3/t13-,17-/m0/s1. The Morgan fingerprint density at radius 1 is 1.38 bits per heavy atom. The van der Waals surface area contributed by atoms with Crippen LogP contribution in [0.5, 0.6) is 5.75 Å². The number of pyridine rings is 1. The smallest absolute Gasteiger partial charge is 0.417 e. The third kappa shape index (κ3) is 4.31. The molecule has 0 spiro atoms. The first-order valence-electron chi connectivity index (χ1n) is 9.52. The predicted octanol–water partition coefficient (Wildman–Crippen LogP) is 3.03. The zero-order valence-corrected chi connectivity index (χ0v) is 17.4. The lowest BCUT2D eigenvalue weighted by Crippen LogP contribution is -2.45. The number of aliphatic hydroxyl groups excluding tert-OH is 1. The van der Waals surface area contributed by atoms with Gasteiger partial charge in [-0.25, -0.2) is 9.37 Å². The molecule has 1 fully saturated rings. The number of hydrogen-bond donors (Lipinski definition) is 1. The number of β-amino-alcohol motifs (C(OH)–C–C–N with tert-alkyl or cyclic N) is 1. The Morgan fingerprint density at radius 2 is 2.06 bits per heavy atom. The van der Waals surface area contributed by atoms with Gasteiger partial charge >= 0.3 is 6.18 Å². The van der Waals surface area contributed by atoms with E-state index in [0.717, 1.165) is 12.1 Å². The van der Waals surface area contributed by atoms with E-state index in [0.29, 0.717) is 0 Å². The van der Waals surface area contributed by atoms with Crippen molar-refractivity contribution in [3.8, 4) is 11.8 Å². The van der Waals surface area contributed by atoms with Gasteiger partial charge < -0.3 is 19.6 Å². The molecular weight excluding hydrogens is 432 g/mol. The van der Waals surface area contributed by atoms with Crippen molar-refractivity contribution in [2.45, 2.75) is 31.7 Å². The van der Waals surface area contributed by atoms with Crippen molar-refractivity contribution in [2.75, 3.05) is 30.5 Å². The summed E-state index contributed by atoms with van der Waals surface area (Å²) in [5, 5.41) is 19.6. The quantitative estimate of drug-likeness (QED) is 0.718. The van der Waals surface area contributed by atoms with Gasteiger partial charge in [-0.2, -0.15) is 18.4 Å². The van der Waals surface area contributed by atoms with Crippen LogP contribution in [0.15, 0.2) is 24.3 Å². The molecule has 11 heteroatoms. The number of nitriles is 1. The van der Waals surface area contributed by atoms with Crippen LogP contribution in [-0.4, -0.2) is 48.8 Å². The van der Waals surface area contributed by atoms with Crippen molar-refractivity contribution in [3.05, 3.63) is 46.9 Å². The van der Waals surface area contributed by atoms with Crippen molar-refractivity contribution in [1.29, 1.82) is 5.26 Å². The highest BCUT2D eigenvalue weighted by molar-refractivity contribution is 5.99. The van der Waals surface area contributed by atoms with Crippen LogP contribution in [0.2, 0.25) is 0 Å². The molecule has 3 rings (SSSR count). The van der Waals surface area contributed by atoms with Crippen molar-refractivity contribution >= 4 is 17.4 Å². The van der Waals surface area contributed by atoms with Gasteiger partial charge in [-0.3, -0.25) is 4.79 Å². The van der Waals surface area contributed by atoms with Gasteiger partial charge in [0.25, 0.3) is 0 Å². The van der Waals surface area contributed by atoms with E-state index in [4.69, 9.17) is 4.74 Å². The van der Waals surface area contributed by atoms with E-state index in [1.54, 1.807) is 6.07 Å². The van der Waals surface area contributed by atoms with Gasteiger partial charge in [-0.05, 0) is 25.1 Å². The third-order valence-corrected chi connectivity index (χ3v) is 5.23. The summed E-state index contributed by atoms with van der Waals surface area (Å²) in [5.41, 5.74) is -1.59. The van der Waals surface area contributed by atoms with Crippen LogP contribution in [0.25, 0.3) is 0 Å². The van der Waals surface area contributed by atoms with Crippen LogP contribution in [-0.2, 0) is 11.0 Å². The molecule has 170 valence electrons. The minimum atomic E-state index is -4.80. The number of methoxy groups -OCH3 is 1. The van der Waals surface area contributed by atoms with E-state index < -0.39 is 41.2 Å². The summed E-state index contributed by atoms with van der Waals surface area (Å²) in [6.45, 7) is 1.17. The Morgan fingerprint density at radius 3 is 2.66 bits per heavy atom. The first-order valence-corrected chi connectivity index (χ1v) is 9.52. The zero-order chi connectivity index (χ0) is 23.8. The number of aromatic nitrogens is 1. The van der Waals surface area contributed by atoms with Gasteiger partial charge in [0.05, 0.1) is 18.8 Å². The topological polar surface area (TPSA) is 89.7 Å². The summed E-state index contributed by atoms with van der Waals surface area (Å²) in [5.74, 6) is -1.61. The van der Waals surface area contributed by atoms with Crippen molar-refractivity contribution in [2.24, 2.45) is 0 Å². The highest BCUT2D eigenvalue weighted by Gasteiger charge is 2.42. The number of carbonyl (C=O) groups is 1. The van der Waals surface area contributed by atoms with Gasteiger partial charge in [0, 0.05) is 37.5 Å². The minimum absolute atomic E-state index is 0.00976. The molecule has 1 N–H and O–H groups in total. The summed E-state index contributed by atoms with van der Waals surface area (Å²) >= 11 is 0. The number of halogens is 4. The highest BCUT2D eigenvalue weighted by atomic mass is 19.4. The second kappa shape index (κ2) is 8.63. The number of anilines is 2. The molecule has 0 unspecified atom stereocenters. The van der Waals surface area contributed by atoms with E-state index in [1.165, 1.54) is 43.0 Å². The van der Waals surface area contributed by atoms with E-state index >= 15 is 0 Å². The second-order valence-corrected chi connectivity index (χ2v) is 7.39. The molecule has 2 atom stereocenters. The predicted molar refractivity (Wildman–Crippen MR) is 107 cm³/mol. The molecule has 1 aliphatic rings. The van der Waals surface area contributed by atoms with Crippen LogP contribution < -0.4 is 14.5 Å². The molecule has 1 amide bonds. The fraction of sp³-hybridized carbons (Fsp3) is 0.381. The van der Waals surface area contributed by atoms with E-state index in [2.05, 4.69) is 4.98 Å². The lowest BCUT2D eigenvalue weighted by atomic mass is 10.1. The summed E-state index contributed by atoms with van der Waals surface area (Å²) in [4.78, 5) is 19.7. The lowest BCUT2D eigenvalue weighted by Gasteiger charge is -2.30. The number of alkyl halides is 3. The third-order valence-electron chi connectivity index (χ3n) is 5.23. The number of carbonyl (C=O) groups excluding carboxylic acids is 1. The van der Waals surface area contributed by atoms with Crippen LogP contribution in [0, 0.1) is 24.1 Å². The van der Waals surface area contributed by atoms with Crippen molar-refractivity contribution in [3.63, 3.8) is 0 Å². The van der Waals surface area contributed by atoms with E-state index in [-0.39, 0.29) is 35.9 Å². The van der Waals surface area contributed by atoms with Crippen molar-refractivity contribution < 1.29 is 32.2 Å². The van der Waals surface area contributed by atoms with Gasteiger partial charge in [0.2, 0.25) is 5.91 Å². The van der Waals surface area contributed by atoms with Gasteiger partial charge in [-0.15, -0.1) is 0 Å². The Balaban J connectivity index is 2.03. The average molecular weight is 452 g/mol. The normalized spacial score (nSPS) is 18.4. The molecule has 1 saturated heterocycles. The van der Waals surface area contributed by atoms with Crippen LogP contribution in [0.1, 0.15) is 23.2 Å². The van der Waals surface area contributed by atoms with Crippen LogP contribution in [0.3, 0.4) is 0 Å². The molecule has 0 saturated carbocycles. The summed E-state index contributed by atoms with van der Waals surface area (Å²) in [6, 6.07) is 4.98. The number of aryl methyl sites for hydroxylation is 1. The Bertz CT molecular complexity index is 1080. The van der Waals surface area contributed by atoms with Crippen LogP contribution in [0.4, 0.5) is 29.1 Å². The Kier molecular flexibility index (Phi) is 6.27. The molecule has 0 radical (unpaired) electrons. The number of hydrogen-bond acceptors (Lipinski definition) is 6. The number of ether oxygens (including phenoxy) is 1. The number of benzene rings is 1. The Labute approximate surface area is 181 Å². The second-order valence-electron chi connectivity index (χ2n) is 7.39. The number of rotatable bonds is 4. The fourth-order valence-corrected chi connectivity index (χ4v) is 3.69. The molecular formula is C21H20F4N4O3. The summed E-state index contributed by atoms with van der Waals surface area (Å²) < 4.78 is 59.2. The number of likely N-dealkylation sites (N-methyl/N-ethyl adjacent to an activating group) is 1. The SMILES string of the molecule is COc1cc(N(C)C(=O)[C@@H]2C[C@H](O)CN2c2nc(C)cc(C(F)(F)F)c2C#N)ccc1F. The molecule has 2 aromatic rings. The molecule has 1 aliphatic heterocycles. The first-order chi connectivity index (χ1) is 15.0. The number of aliphatic hydroxyl groups is 1. The molecule has 2 heterocycles. The summed E-state index contributed by atoms with van der Waals surface area (Å²) in [7, 11) is 2.68. The maximum atomic E-state index is 13.7. The maximum absolute atomic E-state index is 13.7. The van der Waals surface area contributed by atoms with Crippen molar-refractivity contribution in [1.82, 2.24) is 4.98 Å². The molecule has 0 aliphatic carbocycles. The van der Waals surface area contributed by atoms with E-state index in [9.17, 15) is 32.7 Å². The highest BCUT2D eigenvalue weighted by Crippen LogP contribution is 2.38. The van der Waals surface area contributed by atoms with Gasteiger partial charge in [-0.1, -0.05) is 0 Å². The fourth-order valence-electron chi connectivity index (χ4n) is 3.69. The van der Waals surface area contributed by atoms with Gasteiger partial charge in [0.1, 0.15) is 23.5 Å². The lowest BCUT2D eigenvalue weighted by molar-refractivity contribution is -0.137.